The van der Waals surface area contributed by atoms with E-state index in [2.05, 4.69) is 15.0 Å². The van der Waals surface area contributed by atoms with Crippen LogP contribution >= 0.6 is 0 Å². The molecule has 0 saturated carbocycles. The Hall–Kier alpha value is -3.07. The molecule has 0 bridgehead atoms. The molecule has 8 heteroatoms. The molecule has 3 aromatic heterocycles. The summed E-state index contributed by atoms with van der Waals surface area (Å²) in [6.45, 7) is 1.82. The van der Waals surface area contributed by atoms with Crippen LogP contribution in [0, 0.1) is 6.92 Å². The molecule has 0 spiro atoms. The fraction of sp³-hybridized carbons (Fsp3) is 0.0455. The minimum Gasteiger partial charge on any atom is -0.744 e. The van der Waals surface area contributed by atoms with Crippen molar-refractivity contribution in [2.75, 3.05) is 0 Å². The van der Waals surface area contributed by atoms with E-state index in [0.717, 1.165) is 20.6 Å². The summed E-state index contributed by atoms with van der Waals surface area (Å²) < 4.78 is 31.2. The van der Waals surface area contributed by atoms with Gasteiger partial charge in [-0.1, -0.05) is 35.9 Å². The van der Waals surface area contributed by atoms with Crippen LogP contribution in [0.5, 0.6) is 0 Å². The maximum atomic E-state index is 10.4. The average molecular weight is 438 g/mol. The average Bonchev–Trinajstić information content (AvgIpc) is 2.76. The minimum atomic E-state index is -4.27. The summed E-state index contributed by atoms with van der Waals surface area (Å²) >= 11 is 0. The number of pyridine rings is 3. The van der Waals surface area contributed by atoms with Gasteiger partial charge >= 0.3 is 0 Å². The summed E-state index contributed by atoms with van der Waals surface area (Å²) in [6, 6.07) is 23.6. The zero-order valence-electron chi connectivity index (χ0n) is 16.1. The van der Waals surface area contributed by atoms with Crippen molar-refractivity contribution in [2.45, 2.75) is 26.9 Å². The summed E-state index contributed by atoms with van der Waals surface area (Å²) in [7, 11) is -4.62. The maximum absolute atomic E-state index is 10.4. The van der Waals surface area contributed by atoms with E-state index in [1.807, 2.05) is 61.5 Å². The normalized spacial score (nSPS) is 10.9. The number of rotatable bonds is 4. The third-order valence-corrected chi connectivity index (χ3v) is 6.68. The number of benzene rings is 1. The Kier molecular flexibility index (Phi) is 7.29. The standard InChI is InChI=1S/C15H12N3S.C7H8O3S/c1-4-10-16-13(7-1)19(14-8-2-5-11-17-14)15-9-3-6-12-18-15;1-6-2-4-7(5-3-6)11(8,9)10/h1-12H;2-5H,1H3,(H,8,9,10)/q+1;/p-1. The molecule has 30 heavy (non-hydrogen) atoms. The van der Waals surface area contributed by atoms with Gasteiger partial charge in [0.15, 0.2) is 10.9 Å². The molecule has 0 atom stereocenters. The van der Waals surface area contributed by atoms with Gasteiger partial charge in [-0.3, -0.25) is 0 Å². The second-order valence-electron chi connectivity index (χ2n) is 6.08. The van der Waals surface area contributed by atoms with Crippen molar-refractivity contribution in [1.82, 2.24) is 15.0 Å². The Balaban J connectivity index is 0.000000199. The number of hydrogen-bond donors (Lipinski definition) is 0. The van der Waals surface area contributed by atoms with Crippen molar-refractivity contribution in [2.24, 2.45) is 0 Å². The molecule has 0 N–H and O–H groups in total. The van der Waals surface area contributed by atoms with Crippen molar-refractivity contribution in [3.63, 3.8) is 0 Å². The Morgan fingerprint density at radius 3 is 1.37 bits per heavy atom. The van der Waals surface area contributed by atoms with Crippen LogP contribution in [0.3, 0.4) is 0 Å². The lowest BCUT2D eigenvalue weighted by Gasteiger charge is -2.05. The molecular weight excluding hydrogens is 418 g/mol. The first-order valence-corrected chi connectivity index (χ1v) is 11.6. The lowest BCUT2D eigenvalue weighted by Crippen LogP contribution is -2.09. The zero-order chi connectivity index (χ0) is 21.4. The Labute approximate surface area is 178 Å². The summed E-state index contributed by atoms with van der Waals surface area (Å²) in [5.41, 5.74) is 0.928. The van der Waals surface area contributed by atoms with Crippen LogP contribution < -0.4 is 0 Å². The van der Waals surface area contributed by atoms with Crippen LogP contribution in [0.1, 0.15) is 5.56 Å². The summed E-state index contributed by atoms with van der Waals surface area (Å²) in [4.78, 5) is 13.2. The van der Waals surface area contributed by atoms with Crippen LogP contribution in [0.25, 0.3) is 0 Å². The molecule has 0 radical (unpaired) electrons. The Bertz CT molecular complexity index is 1060. The summed E-state index contributed by atoms with van der Waals surface area (Å²) in [5.74, 6) is 0. The molecule has 0 saturated heterocycles. The van der Waals surface area contributed by atoms with Gasteiger partial charge in [-0.15, -0.1) is 0 Å². The largest absolute Gasteiger partial charge is 0.744 e. The van der Waals surface area contributed by atoms with Gasteiger partial charge < -0.3 is 4.55 Å². The van der Waals surface area contributed by atoms with Crippen LogP contribution in [0.2, 0.25) is 0 Å². The molecule has 0 unspecified atom stereocenters. The second kappa shape index (κ2) is 10.1. The predicted octanol–water partition coefficient (Wildman–Crippen LogP) is 3.87. The summed E-state index contributed by atoms with van der Waals surface area (Å²) in [6.07, 6.45) is 5.42. The molecule has 0 fully saturated rings. The number of hydrogen-bond acceptors (Lipinski definition) is 6. The minimum absolute atomic E-state index is 0.178. The molecule has 0 aliphatic carbocycles. The Morgan fingerprint density at radius 1 is 0.667 bits per heavy atom. The highest BCUT2D eigenvalue weighted by molar-refractivity contribution is 7.96. The van der Waals surface area contributed by atoms with Gasteiger partial charge in [-0.25, -0.2) is 23.4 Å². The molecule has 0 aliphatic rings. The SMILES string of the molecule is Cc1ccc(S(=O)(=O)[O-])cc1.c1ccc([S+](c2ccccn2)c2ccccn2)nc1. The zero-order valence-corrected chi connectivity index (χ0v) is 17.8. The topological polar surface area (TPSA) is 95.9 Å². The van der Waals surface area contributed by atoms with Crippen LogP contribution in [0.4, 0.5) is 0 Å². The lowest BCUT2D eigenvalue weighted by atomic mass is 10.2. The van der Waals surface area contributed by atoms with Crippen molar-refractivity contribution < 1.29 is 13.0 Å². The van der Waals surface area contributed by atoms with Gasteiger partial charge in [0.2, 0.25) is 0 Å². The monoisotopic (exact) mass is 437 g/mol. The highest BCUT2D eigenvalue weighted by Crippen LogP contribution is 2.26. The van der Waals surface area contributed by atoms with Gasteiger partial charge in [0.1, 0.15) is 10.1 Å². The molecule has 3 heterocycles. The number of aromatic nitrogens is 3. The third-order valence-electron chi connectivity index (χ3n) is 3.85. The predicted molar refractivity (Wildman–Crippen MR) is 114 cm³/mol. The lowest BCUT2D eigenvalue weighted by molar-refractivity contribution is 0.463. The van der Waals surface area contributed by atoms with Crippen molar-refractivity contribution in [3.05, 3.63) is 103 Å². The molecule has 4 rings (SSSR count). The smallest absolute Gasteiger partial charge is 0.261 e. The van der Waals surface area contributed by atoms with E-state index in [1.165, 1.54) is 12.1 Å². The van der Waals surface area contributed by atoms with Gasteiger partial charge in [-0.2, -0.15) is 0 Å². The fourth-order valence-electron chi connectivity index (χ4n) is 2.43. The molecule has 4 aromatic rings. The van der Waals surface area contributed by atoms with Gasteiger partial charge in [0.25, 0.3) is 15.1 Å². The Morgan fingerprint density at radius 2 is 1.07 bits per heavy atom. The van der Waals surface area contributed by atoms with E-state index in [-0.39, 0.29) is 15.8 Å². The fourth-order valence-corrected chi connectivity index (χ4v) is 4.68. The molecule has 6 nitrogen and oxygen atoms in total. The van der Waals surface area contributed by atoms with Crippen molar-refractivity contribution >= 4 is 21.0 Å². The van der Waals surface area contributed by atoms with E-state index in [9.17, 15) is 13.0 Å². The maximum Gasteiger partial charge on any atom is 0.261 e. The molecule has 1 aromatic carbocycles. The first-order chi connectivity index (χ1) is 14.4. The van der Waals surface area contributed by atoms with E-state index in [1.54, 1.807) is 30.7 Å². The van der Waals surface area contributed by atoms with Crippen LogP contribution in [0.15, 0.2) is 117 Å². The van der Waals surface area contributed by atoms with Crippen LogP contribution in [-0.2, 0) is 21.0 Å². The van der Waals surface area contributed by atoms with E-state index >= 15 is 0 Å². The molecule has 0 aliphatic heterocycles. The molecular formula is C22H19N3O3S2. The molecule has 152 valence electrons. The first-order valence-electron chi connectivity index (χ1n) is 8.95. The van der Waals surface area contributed by atoms with E-state index in [0.29, 0.717) is 0 Å². The van der Waals surface area contributed by atoms with Gasteiger partial charge in [0.05, 0.1) is 4.90 Å². The number of aryl methyl sites for hydroxylation is 1. The third kappa shape index (κ3) is 5.96. The van der Waals surface area contributed by atoms with Crippen molar-refractivity contribution in [1.29, 1.82) is 0 Å². The second-order valence-corrected chi connectivity index (χ2v) is 9.32. The quantitative estimate of drug-likeness (QED) is 0.355. The number of nitrogens with zero attached hydrogens (tertiary/aromatic N) is 3. The van der Waals surface area contributed by atoms with E-state index in [4.69, 9.17) is 0 Å². The van der Waals surface area contributed by atoms with Crippen LogP contribution in [-0.4, -0.2) is 27.9 Å². The van der Waals surface area contributed by atoms with Crippen molar-refractivity contribution in [3.8, 4) is 0 Å². The van der Waals surface area contributed by atoms with Gasteiger partial charge in [-0.05, 0) is 37.3 Å². The van der Waals surface area contributed by atoms with E-state index < -0.39 is 10.1 Å². The highest BCUT2D eigenvalue weighted by Gasteiger charge is 2.32. The highest BCUT2D eigenvalue weighted by atomic mass is 32.2. The summed E-state index contributed by atoms with van der Waals surface area (Å²) in [5, 5.41) is 2.96. The van der Waals surface area contributed by atoms with Gasteiger partial charge in [0, 0.05) is 36.8 Å². The molecule has 0 amide bonds. The first kappa shape index (κ1) is 21.6.